The average molecular weight is 339 g/mol. The molecule has 0 fully saturated rings. The third-order valence-corrected chi connectivity index (χ3v) is 4.77. The van der Waals surface area contributed by atoms with E-state index in [1.54, 1.807) is 13.1 Å². The quantitative estimate of drug-likeness (QED) is 0.386. The molecule has 0 saturated heterocycles. The van der Waals surface area contributed by atoms with E-state index >= 15 is 0 Å². The van der Waals surface area contributed by atoms with Crippen molar-refractivity contribution in [2.24, 2.45) is 0 Å². The summed E-state index contributed by atoms with van der Waals surface area (Å²) in [4.78, 5) is 0.934. The zero-order chi connectivity index (χ0) is 15.9. The van der Waals surface area contributed by atoms with E-state index in [0.29, 0.717) is 17.2 Å². The van der Waals surface area contributed by atoms with E-state index in [2.05, 4.69) is 10.6 Å². The van der Waals surface area contributed by atoms with Gasteiger partial charge < -0.3 is 16.4 Å². The molecule has 0 saturated carbocycles. The molecule has 0 atom stereocenters. The molecule has 1 aromatic carbocycles. The lowest BCUT2D eigenvalue weighted by Gasteiger charge is -2.16. The summed E-state index contributed by atoms with van der Waals surface area (Å²) in [6.07, 6.45) is -4.38. The van der Waals surface area contributed by atoms with Crippen LogP contribution in [0.5, 0.6) is 0 Å². The molecule has 0 aromatic heterocycles. The molecule has 0 aliphatic carbocycles. The van der Waals surface area contributed by atoms with Gasteiger partial charge in [-0.05, 0) is 26.2 Å². The van der Waals surface area contributed by atoms with Crippen molar-refractivity contribution in [3.63, 3.8) is 0 Å². The maximum atomic E-state index is 13.1. The molecule has 0 amide bonds. The highest BCUT2D eigenvalue weighted by atomic mass is 32.2. The molecule has 0 bridgehead atoms. The van der Waals surface area contributed by atoms with Crippen LogP contribution in [0, 0.1) is 0 Å². The summed E-state index contributed by atoms with van der Waals surface area (Å²) < 4.78 is 39.2. The third-order valence-electron chi connectivity index (χ3n) is 2.64. The van der Waals surface area contributed by atoms with Crippen LogP contribution in [0.2, 0.25) is 0 Å². The Morgan fingerprint density at radius 3 is 2.00 bits per heavy atom. The van der Waals surface area contributed by atoms with E-state index in [4.69, 9.17) is 5.73 Å². The van der Waals surface area contributed by atoms with Crippen LogP contribution in [-0.4, -0.2) is 38.7 Å². The number of halogens is 3. The van der Waals surface area contributed by atoms with Gasteiger partial charge in [-0.2, -0.15) is 13.2 Å². The number of nitrogens with two attached hydrogens (primary N) is 1. The monoisotopic (exact) mass is 339 g/mol. The van der Waals surface area contributed by atoms with Crippen LogP contribution in [0.1, 0.15) is 5.56 Å². The molecule has 0 aliphatic heterocycles. The lowest BCUT2D eigenvalue weighted by atomic mass is 10.2. The first kappa shape index (κ1) is 18.5. The highest BCUT2D eigenvalue weighted by Crippen LogP contribution is 2.41. The van der Waals surface area contributed by atoms with E-state index in [9.17, 15) is 13.2 Å². The van der Waals surface area contributed by atoms with Gasteiger partial charge in [-0.15, -0.1) is 23.5 Å². The second-order valence-electron chi connectivity index (χ2n) is 4.29. The van der Waals surface area contributed by atoms with E-state index in [0.717, 1.165) is 18.4 Å². The van der Waals surface area contributed by atoms with E-state index < -0.39 is 11.7 Å². The molecule has 3 nitrogen and oxygen atoms in total. The Morgan fingerprint density at radius 1 is 1.00 bits per heavy atom. The van der Waals surface area contributed by atoms with Crippen molar-refractivity contribution in [2.75, 3.05) is 44.4 Å². The molecule has 8 heteroatoms. The predicted molar refractivity (Wildman–Crippen MR) is 85.2 cm³/mol. The van der Waals surface area contributed by atoms with E-state index in [1.807, 2.05) is 7.05 Å². The number of benzene rings is 1. The van der Waals surface area contributed by atoms with Gasteiger partial charge in [-0.25, -0.2) is 0 Å². The van der Waals surface area contributed by atoms with Crippen molar-refractivity contribution < 1.29 is 13.2 Å². The first-order chi connectivity index (χ1) is 9.90. The van der Waals surface area contributed by atoms with Gasteiger partial charge in [0.05, 0.1) is 5.56 Å². The Hall–Kier alpha value is -0.570. The second-order valence-corrected chi connectivity index (χ2v) is 6.56. The number of hydrogen-bond acceptors (Lipinski definition) is 5. The number of nitrogen functional groups attached to an aromatic ring is 1. The van der Waals surface area contributed by atoms with Gasteiger partial charge in [0.2, 0.25) is 0 Å². The number of hydrogen-bond donors (Lipinski definition) is 3. The molecule has 120 valence electrons. The van der Waals surface area contributed by atoms with E-state index in [1.165, 1.54) is 23.5 Å². The smallest absolute Gasteiger partial charge is 0.398 e. The zero-order valence-corrected chi connectivity index (χ0v) is 13.6. The molecule has 0 unspecified atom stereocenters. The maximum absolute atomic E-state index is 13.1. The minimum Gasteiger partial charge on any atom is -0.398 e. The maximum Gasteiger partial charge on any atom is 0.417 e. The summed E-state index contributed by atoms with van der Waals surface area (Å²) in [5.74, 6) is 1.33. The van der Waals surface area contributed by atoms with Crippen molar-refractivity contribution in [1.82, 2.24) is 10.6 Å². The molecule has 1 aromatic rings. The first-order valence-corrected chi connectivity index (χ1v) is 8.42. The molecule has 0 radical (unpaired) electrons. The SMILES string of the molecule is CNCCSc1cc(SCCNC)c(C(F)(F)F)cc1N. The van der Waals surface area contributed by atoms with Gasteiger partial charge in [0.15, 0.2) is 0 Å². The van der Waals surface area contributed by atoms with E-state index in [-0.39, 0.29) is 10.6 Å². The van der Waals surface area contributed by atoms with Gasteiger partial charge >= 0.3 is 6.18 Å². The fourth-order valence-electron chi connectivity index (χ4n) is 1.57. The highest BCUT2D eigenvalue weighted by Gasteiger charge is 2.34. The predicted octanol–water partition coefficient (Wildman–Crippen LogP) is 2.91. The van der Waals surface area contributed by atoms with Crippen LogP contribution in [-0.2, 0) is 6.18 Å². The Labute approximate surface area is 131 Å². The van der Waals surface area contributed by atoms with Crippen LogP contribution in [0.4, 0.5) is 18.9 Å². The van der Waals surface area contributed by atoms with Gasteiger partial charge in [0, 0.05) is 40.1 Å². The molecule has 4 N–H and O–H groups in total. The molecular formula is C13H20F3N3S2. The number of thioether (sulfide) groups is 2. The van der Waals surface area contributed by atoms with Gasteiger partial charge in [0.1, 0.15) is 0 Å². The largest absolute Gasteiger partial charge is 0.417 e. The number of alkyl halides is 3. The normalized spacial score (nSPS) is 11.9. The molecular weight excluding hydrogens is 319 g/mol. The minimum atomic E-state index is -4.38. The van der Waals surface area contributed by atoms with Crippen molar-refractivity contribution in [2.45, 2.75) is 16.0 Å². The lowest BCUT2D eigenvalue weighted by Crippen LogP contribution is -2.12. The topological polar surface area (TPSA) is 50.1 Å². The summed E-state index contributed by atoms with van der Waals surface area (Å²) in [5, 5.41) is 5.92. The summed E-state index contributed by atoms with van der Waals surface area (Å²) in [6, 6.07) is 2.60. The molecule has 1 rings (SSSR count). The number of rotatable bonds is 8. The van der Waals surface area contributed by atoms with Crippen LogP contribution >= 0.6 is 23.5 Å². The summed E-state index contributed by atoms with van der Waals surface area (Å²) >= 11 is 2.65. The van der Waals surface area contributed by atoms with Crippen molar-refractivity contribution >= 4 is 29.2 Å². The first-order valence-electron chi connectivity index (χ1n) is 6.45. The Morgan fingerprint density at radius 2 is 1.52 bits per heavy atom. The Bertz CT molecular complexity index is 453. The fraction of sp³-hybridized carbons (Fsp3) is 0.538. The standard InChI is InChI=1S/C13H20F3N3S2/c1-18-3-5-20-11-8-12(21-6-4-19-2)10(17)7-9(11)13(14,15)16/h7-8,18-19H,3-6,17H2,1-2H3. The van der Waals surface area contributed by atoms with Crippen LogP contribution in [0.25, 0.3) is 0 Å². The number of anilines is 1. The molecule has 0 heterocycles. The van der Waals surface area contributed by atoms with Gasteiger partial charge in [-0.3, -0.25) is 0 Å². The Kier molecular flexibility index (Phi) is 7.72. The number of nitrogens with one attached hydrogen (secondary N) is 2. The lowest BCUT2D eigenvalue weighted by molar-refractivity contribution is -0.139. The van der Waals surface area contributed by atoms with Crippen LogP contribution in [0.3, 0.4) is 0 Å². The van der Waals surface area contributed by atoms with Gasteiger partial charge in [0.25, 0.3) is 0 Å². The van der Waals surface area contributed by atoms with Crippen LogP contribution < -0.4 is 16.4 Å². The van der Waals surface area contributed by atoms with Crippen LogP contribution in [0.15, 0.2) is 21.9 Å². The van der Waals surface area contributed by atoms with Gasteiger partial charge in [-0.1, -0.05) is 0 Å². The summed E-state index contributed by atoms with van der Waals surface area (Å²) in [6.45, 7) is 1.42. The minimum absolute atomic E-state index is 0.182. The Balaban J connectivity index is 3.00. The van der Waals surface area contributed by atoms with Crippen molar-refractivity contribution in [1.29, 1.82) is 0 Å². The molecule has 0 aliphatic rings. The molecule has 0 spiro atoms. The fourth-order valence-corrected chi connectivity index (χ4v) is 3.65. The molecule has 21 heavy (non-hydrogen) atoms. The third kappa shape index (κ3) is 5.98. The highest BCUT2D eigenvalue weighted by molar-refractivity contribution is 8.00. The van der Waals surface area contributed by atoms with Crippen molar-refractivity contribution in [3.8, 4) is 0 Å². The zero-order valence-electron chi connectivity index (χ0n) is 12.0. The second kappa shape index (κ2) is 8.77. The van der Waals surface area contributed by atoms with Crippen molar-refractivity contribution in [3.05, 3.63) is 17.7 Å². The summed E-state index contributed by atoms with van der Waals surface area (Å²) in [5.41, 5.74) is 5.29. The average Bonchev–Trinajstić information content (AvgIpc) is 2.41. The summed E-state index contributed by atoms with van der Waals surface area (Å²) in [7, 11) is 3.60.